The summed E-state index contributed by atoms with van der Waals surface area (Å²) in [5.41, 5.74) is 3.52. The van der Waals surface area contributed by atoms with Gasteiger partial charge in [-0.25, -0.2) is 4.98 Å². The number of methoxy groups -OCH3 is 1. The number of para-hydroxylation sites is 2. The number of anilines is 1. The second-order valence-corrected chi connectivity index (χ2v) is 11.7. The van der Waals surface area contributed by atoms with Gasteiger partial charge < -0.3 is 28.7 Å². The molecule has 0 radical (unpaired) electrons. The second kappa shape index (κ2) is 15.5. The summed E-state index contributed by atoms with van der Waals surface area (Å²) >= 11 is 0. The van der Waals surface area contributed by atoms with Crippen molar-refractivity contribution in [3.05, 3.63) is 90.0 Å². The molecule has 11 heteroatoms. The van der Waals surface area contributed by atoms with E-state index in [-0.39, 0.29) is 25.0 Å². The third-order valence-electron chi connectivity index (χ3n) is 8.47. The van der Waals surface area contributed by atoms with Crippen molar-refractivity contribution in [1.82, 2.24) is 19.4 Å². The van der Waals surface area contributed by atoms with Crippen LogP contribution in [0.1, 0.15) is 34.7 Å². The van der Waals surface area contributed by atoms with E-state index in [0.717, 1.165) is 73.9 Å². The molecule has 1 aliphatic heterocycles. The molecule has 0 N–H and O–H groups in total. The molecular formula is C35H42F3N5O3. The average Bonchev–Trinajstić information content (AvgIpc) is 3.26. The van der Waals surface area contributed by atoms with Crippen LogP contribution in [0, 0.1) is 0 Å². The molecule has 0 saturated carbocycles. The van der Waals surface area contributed by atoms with Crippen molar-refractivity contribution < 1.29 is 27.4 Å². The lowest BCUT2D eigenvalue weighted by molar-refractivity contribution is -0.174. The predicted molar refractivity (Wildman–Crippen MR) is 174 cm³/mol. The number of hydrogen-bond acceptors (Lipinski definition) is 6. The van der Waals surface area contributed by atoms with Gasteiger partial charge in [0, 0.05) is 51.3 Å². The van der Waals surface area contributed by atoms with E-state index in [9.17, 15) is 18.0 Å². The van der Waals surface area contributed by atoms with Gasteiger partial charge in [0.2, 0.25) is 5.95 Å². The van der Waals surface area contributed by atoms with Gasteiger partial charge in [0.15, 0.2) is 0 Å². The largest absolute Gasteiger partial charge is 0.497 e. The number of benzene rings is 3. The third kappa shape index (κ3) is 8.79. The van der Waals surface area contributed by atoms with Crippen LogP contribution < -0.4 is 9.64 Å². The zero-order chi connectivity index (χ0) is 32.5. The molecule has 0 spiro atoms. The van der Waals surface area contributed by atoms with Gasteiger partial charge in [-0.3, -0.25) is 4.79 Å². The average molecular weight is 638 g/mol. The first-order valence-electron chi connectivity index (χ1n) is 15.7. The maximum absolute atomic E-state index is 13.2. The summed E-state index contributed by atoms with van der Waals surface area (Å²) in [6.45, 7) is 3.68. The molecule has 2 heterocycles. The van der Waals surface area contributed by atoms with E-state index < -0.39 is 12.8 Å². The second-order valence-electron chi connectivity index (χ2n) is 11.7. The Hall–Kier alpha value is -4.09. The van der Waals surface area contributed by atoms with Crippen LogP contribution in [0.3, 0.4) is 0 Å². The third-order valence-corrected chi connectivity index (χ3v) is 8.47. The number of imidazole rings is 1. The highest BCUT2D eigenvalue weighted by atomic mass is 19.4. The molecule has 8 nitrogen and oxygen atoms in total. The predicted octanol–water partition coefficient (Wildman–Crippen LogP) is 6.08. The Labute approximate surface area is 268 Å². The van der Waals surface area contributed by atoms with Crippen LogP contribution in [0.25, 0.3) is 11.0 Å². The van der Waals surface area contributed by atoms with Crippen LogP contribution in [0.5, 0.6) is 5.75 Å². The van der Waals surface area contributed by atoms with E-state index in [4.69, 9.17) is 14.5 Å². The molecule has 246 valence electrons. The molecule has 5 rings (SSSR count). The normalized spacial score (nSPS) is 15.1. The Morgan fingerprint density at radius 1 is 0.935 bits per heavy atom. The van der Waals surface area contributed by atoms with Gasteiger partial charge in [-0.15, -0.1) is 0 Å². The maximum atomic E-state index is 13.2. The van der Waals surface area contributed by atoms with Gasteiger partial charge in [0.05, 0.1) is 24.8 Å². The van der Waals surface area contributed by atoms with Gasteiger partial charge in [-0.2, -0.15) is 13.2 Å². The van der Waals surface area contributed by atoms with Crippen LogP contribution >= 0.6 is 0 Å². The number of halogens is 3. The number of carbonyl (C=O) groups excluding carboxylic acids is 1. The zero-order valence-electron chi connectivity index (χ0n) is 26.5. The number of aromatic nitrogens is 2. The number of nitrogens with zero attached hydrogens (tertiary/aromatic N) is 5. The molecule has 46 heavy (non-hydrogen) atoms. The summed E-state index contributed by atoms with van der Waals surface area (Å²) in [4.78, 5) is 24.5. The van der Waals surface area contributed by atoms with Crippen LogP contribution in [0.15, 0.2) is 78.9 Å². The molecular weight excluding hydrogens is 595 g/mol. The van der Waals surface area contributed by atoms with Crippen LogP contribution in [0.4, 0.5) is 19.1 Å². The molecule has 3 aromatic carbocycles. The summed E-state index contributed by atoms with van der Waals surface area (Å²) < 4.78 is 50.3. The lowest BCUT2D eigenvalue weighted by Gasteiger charge is -2.28. The van der Waals surface area contributed by atoms with Gasteiger partial charge in [0.25, 0.3) is 5.91 Å². The molecule has 1 aromatic heterocycles. The number of rotatable bonds is 13. The Kier molecular flexibility index (Phi) is 11.2. The summed E-state index contributed by atoms with van der Waals surface area (Å²) in [6.07, 6.45) is -2.56. The quantitative estimate of drug-likeness (QED) is 0.166. The van der Waals surface area contributed by atoms with E-state index in [2.05, 4.69) is 21.9 Å². The molecule has 0 bridgehead atoms. The molecule has 1 aliphatic rings. The maximum Gasteiger partial charge on any atom is 0.411 e. The lowest BCUT2D eigenvalue weighted by Crippen LogP contribution is -2.35. The zero-order valence-corrected chi connectivity index (χ0v) is 26.5. The molecule has 1 unspecified atom stereocenters. The molecule has 1 amide bonds. The van der Waals surface area contributed by atoms with Gasteiger partial charge in [-0.05, 0) is 67.9 Å². The fraction of sp³-hybridized carbons (Fsp3) is 0.429. The van der Waals surface area contributed by atoms with Crippen molar-refractivity contribution in [2.24, 2.45) is 0 Å². The van der Waals surface area contributed by atoms with Crippen molar-refractivity contribution in [1.29, 1.82) is 0 Å². The summed E-state index contributed by atoms with van der Waals surface area (Å²) in [5, 5.41) is 0. The first kappa shape index (κ1) is 33.3. The minimum absolute atomic E-state index is 0.00350. The molecule has 0 aliphatic carbocycles. The van der Waals surface area contributed by atoms with Gasteiger partial charge in [0.1, 0.15) is 12.4 Å². The number of likely N-dealkylation sites (N-methyl/N-ethyl adjacent to an activating group) is 1. The molecule has 1 atom stereocenters. The van der Waals surface area contributed by atoms with Crippen molar-refractivity contribution >= 4 is 22.9 Å². The summed E-state index contributed by atoms with van der Waals surface area (Å²) in [7, 11) is 3.51. The van der Waals surface area contributed by atoms with E-state index in [1.165, 1.54) is 0 Å². The highest BCUT2D eigenvalue weighted by molar-refractivity contribution is 5.94. The first-order chi connectivity index (χ1) is 22.2. The number of ether oxygens (including phenoxy) is 2. The van der Waals surface area contributed by atoms with E-state index >= 15 is 0 Å². The molecule has 1 saturated heterocycles. The van der Waals surface area contributed by atoms with E-state index in [0.29, 0.717) is 12.1 Å². The minimum atomic E-state index is -4.35. The van der Waals surface area contributed by atoms with Gasteiger partial charge in [-0.1, -0.05) is 42.5 Å². The standard InChI is InChI=1S/C35H42F3N5O3/c1-40(33(44)28-9-4-3-5-10-28)25-29(27-13-15-30(45-2)16-14-27)17-20-41-18-8-19-42(22-21-41)34-39-31-11-6-7-12-32(31)43(34)23-24-46-26-35(36,37)38/h3-7,9-16,29H,8,17-26H2,1-2H3. The Morgan fingerprint density at radius 3 is 2.41 bits per heavy atom. The smallest absolute Gasteiger partial charge is 0.411 e. The van der Waals surface area contributed by atoms with Crippen LogP contribution in [-0.4, -0.2) is 98.1 Å². The van der Waals surface area contributed by atoms with Crippen molar-refractivity contribution in [2.45, 2.75) is 31.5 Å². The van der Waals surface area contributed by atoms with E-state index in [1.54, 1.807) is 12.0 Å². The minimum Gasteiger partial charge on any atom is -0.497 e. The Balaban J connectivity index is 1.24. The van der Waals surface area contributed by atoms with Crippen molar-refractivity contribution in [2.75, 3.05) is 71.5 Å². The van der Waals surface area contributed by atoms with Crippen LogP contribution in [-0.2, 0) is 11.3 Å². The number of alkyl halides is 3. The molecule has 4 aromatic rings. The number of carbonyl (C=O) groups is 1. The SMILES string of the molecule is COc1ccc(C(CCN2CCCN(c3nc4ccccc4n3CCOCC(F)(F)F)CC2)CN(C)C(=O)c2ccccc2)cc1. The monoisotopic (exact) mass is 637 g/mol. The lowest BCUT2D eigenvalue weighted by atomic mass is 9.94. The molecule has 1 fully saturated rings. The number of fused-ring (bicyclic) bond motifs is 1. The fourth-order valence-electron chi connectivity index (χ4n) is 6.06. The highest BCUT2D eigenvalue weighted by Gasteiger charge is 2.28. The number of hydrogen-bond donors (Lipinski definition) is 0. The van der Waals surface area contributed by atoms with Crippen molar-refractivity contribution in [3.63, 3.8) is 0 Å². The Bertz CT molecular complexity index is 1540. The van der Waals surface area contributed by atoms with Crippen molar-refractivity contribution in [3.8, 4) is 5.75 Å². The topological polar surface area (TPSA) is 63.1 Å². The van der Waals surface area contributed by atoms with Crippen LogP contribution in [0.2, 0.25) is 0 Å². The summed E-state index contributed by atoms with van der Waals surface area (Å²) in [5.74, 6) is 1.68. The fourth-order valence-corrected chi connectivity index (χ4v) is 6.06. The van der Waals surface area contributed by atoms with Gasteiger partial charge >= 0.3 is 6.18 Å². The first-order valence-corrected chi connectivity index (χ1v) is 15.7. The number of amides is 1. The summed E-state index contributed by atoms with van der Waals surface area (Å²) in [6, 6.07) is 25.1. The highest BCUT2D eigenvalue weighted by Crippen LogP contribution is 2.27. The Morgan fingerprint density at radius 2 is 1.67 bits per heavy atom. The van der Waals surface area contributed by atoms with E-state index in [1.807, 2.05) is 78.3 Å².